The topological polar surface area (TPSA) is 15.3 Å². The number of rotatable bonds is 6. The van der Waals surface area contributed by atoms with Gasteiger partial charge in [0.15, 0.2) is 0 Å². The van der Waals surface area contributed by atoms with E-state index in [4.69, 9.17) is 0 Å². The van der Waals surface area contributed by atoms with Crippen molar-refractivity contribution in [1.82, 2.24) is 0 Å². The number of hydrogen-bond acceptors (Lipinski definition) is 2. The molecule has 2 rings (SSSR count). The van der Waals surface area contributed by atoms with Crippen molar-refractivity contribution < 1.29 is 4.39 Å². The van der Waals surface area contributed by atoms with Crippen LogP contribution in [0, 0.1) is 12.7 Å². The van der Waals surface area contributed by atoms with E-state index in [1.165, 1.54) is 17.7 Å². The first kappa shape index (κ1) is 14.4. The number of hydrogen-bond donors (Lipinski definition) is 1. The van der Waals surface area contributed by atoms with Crippen LogP contribution in [-0.4, -0.2) is 19.6 Å². The summed E-state index contributed by atoms with van der Waals surface area (Å²) in [6.45, 7) is 6.84. The van der Waals surface area contributed by atoms with Crippen LogP contribution in [0.3, 0.4) is 0 Å². The van der Waals surface area contributed by atoms with Crippen LogP contribution < -0.4 is 10.2 Å². The van der Waals surface area contributed by atoms with Gasteiger partial charge in [0.2, 0.25) is 0 Å². The minimum absolute atomic E-state index is 0.192. The molecule has 0 heterocycles. The van der Waals surface area contributed by atoms with Crippen molar-refractivity contribution in [1.29, 1.82) is 0 Å². The molecule has 0 fully saturated rings. The average molecular weight is 272 g/mol. The van der Waals surface area contributed by atoms with Crippen molar-refractivity contribution in [3.05, 3.63) is 59.9 Å². The summed E-state index contributed by atoms with van der Waals surface area (Å²) in [6, 6.07) is 15.0. The molecule has 0 aliphatic rings. The number of nitrogens with one attached hydrogen (secondary N) is 1. The summed E-state index contributed by atoms with van der Waals surface area (Å²) in [4.78, 5) is 2.22. The molecular weight excluding hydrogens is 251 g/mol. The van der Waals surface area contributed by atoms with Gasteiger partial charge < -0.3 is 10.2 Å². The Bertz CT molecular complexity index is 537. The summed E-state index contributed by atoms with van der Waals surface area (Å²) in [5.41, 5.74) is 3.45. The monoisotopic (exact) mass is 272 g/mol. The van der Waals surface area contributed by atoms with E-state index in [1.807, 2.05) is 12.1 Å². The molecule has 0 spiro atoms. The lowest BCUT2D eigenvalue weighted by molar-refractivity contribution is 0.627. The summed E-state index contributed by atoms with van der Waals surface area (Å²) < 4.78 is 12.9. The molecule has 1 N–H and O–H groups in total. The first-order valence-corrected chi connectivity index (χ1v) is 7.00. The van der Waals surface area contributed by atoms with E-state index in [0.717, 1.165) is 31.0 Å². The molecule has 2 nitrogen and oxygen atoms in total. The zero-order valence-corrected chi connectivity index (χ0v) is 12.1. The molecule has 2 aromatic carbocycles. The number of anilines is 2. The number of likely N-dealkylation sites (N-methyl/N-ethyl adjacent to an activating group) is 1. The van der Waals surface area contributed by atoms with Gasteiger partial charge in [0, 0.05) is 31.0 Å². The molecule has 0 aliphatic heterocycles. The van der Waals surface area contributed by atoms with E-state index in [9.17, 15) is 4.39 Å². The smallest absolute Gasteiger partial charge is 0.123 e. The number of benzene rings is 2. The Morgan fingerprint density at radius 1 is 1.10 bits per heavy atom. The molecule has 0 aromatic heterocycles. The predicted octanol–water partition coefficient (Wildman–Crippen LogP) is 4.07. The molecule has 0 saturated carbocycles. The largest absolute Gasteiger partial charge is 0.383 e. The normalized spacial score (nSPS) is 10.3. The fourth-order valence-electron chi connectivity index (χ4n) is 2.21. The summed E-state index contributed by atoms with van der Waals surface area (Å²) >= 11 is 0. The molecule has 0 unspecified atom stereocenters. The van der Waals surface area contributed by atoms with Gasteiger partial charge in [0.25, 0.3) is 0 Å². The molecule has 20 heavy (non-hydrogen) atoms. The third-order valence-electron chi connectivity index (χ3n) is 3.30. The standard InChI is InChI=1S/C17H21FN2/c1-3-20(17-9-7-15(18)8-10-17)12-11-19-16-6-4-5-14(2)13-16/h4-10,13,19H,3,11-12H2,1-2H3. The zero-order chi connectivity index (χ0) is 14.4. The van der Waals surface area contributed by atoms with Gasteiger partial charge in [-0.05, 0) is 55.8 Å². The summed E-state index contributed by atoms with van der Waals surface area (Å²) in [7, 11) is 0. The highest BCUT2D eigenvalue weighted by Gasteiger charge is 2.04. The van der Waals surface area contributed by atoms with Gasteiger partial charge in [-0.3, -0.25) is 0 Å². The molecule has 0 bridgehead atoms. The summed E-state index contributed by atoms with van der Waals surface area (Å²) in [5, 5.41) is 3.42. The van der Waals surface area contributed by atoms with Crippen LogP contribution in [0.15, 0.2) is 48.5 Å². The van der Waals surface area contributed by atoms with Gasteiger partial charge in [-0.1, -0.05) is 12.1 Å². The highest BCUT2D eigenvalue weighted by atomic mass is 19.1. The number of aryl methyl sites for hydroxylation is 1. The Labute approximate surface area is 120 Å². The van der Waals surface area contributed by atoms with Crippen molar-refractivity contribution in [3.63, 3.8) is 0 Å². The van der Waals surface area contributed by atoms with Gasteiger partial charge in [-0.2, -0.15) is 0 Å². The third-order valence-corrected chi connectivity index (χ3v) is 3.30. The van der Waals surface area contributed by atoms with Crippen LogP contribution in [-0.2, 0) is 0 Å². The fourth-order valence-corrected chi connectivity index (χ4v) is 2.21. The van der Waals surface area contributed by atoms with Crippen molar-refractivity contribution in [2.75, 3.05) is 29.9 Å². The van der Waals surface area contributed by atoms with Crippen molar-refractivity contribution >= 4 is 11.4 Å². The molecule has 0 amide bonds. The van der Waals surface area contributed by atoms with Crippen molar-refractivity contribution in [2.45, 2.75) is 13.8 Å². The van der Waals surface area contributed by atoms with E-state index in [-0.39, 0.29) is 5.82 Å². The Balaban J connectivity index is 1.89. The van der Waals surface area contributed by atoms with Gasteiger partial charge >= 0.3 is 0 Å². The third kappa shape index (κ3) is 3.98. The minimum Gasteiger partial charge on any atom is -0.383 e. The quantitative estimate of drug-likeness (QED) is 0.852. The van der Waals surface area contributed by atoms with E-state index >= 15 is 0 Å². The van der Waals surface area contributed by atoms with Gasteiger partial charge in [0.1, 0.15) is 5.82 Å². The van der Waals surface area contributed by atoms with Crippen molar-refractivity contribution in [3.8, 4) is 0 Å². The summed E-state index contributed by atoms with van der Waals surface area (Å²) in [5.74, 6) is -0.192. The Kier molecular flexibility index (Phi) is 4.99. The number of nitrogens with zero attached hydrogens (tertiary/aromatic N) is 1. The van der Waals surface area contributed by atoms with Crippen LogP contribution in [0.1, 0.15) is 12.5 Å². The molecular formula is C17H21FN2. The fraction of sp³-hybridized carbons (Fsp3) is 0.294. The first-order chi connectivity index (χ1) is 9.69. The lowest BCUT2D eigenvalue weighted by Gasteiger charge is -2.23. The SMILES string of the molecule is CCN(CCNc1cccc(C)c1)c1ccc(F)cc1. The molecule has 0 saturated heterocycles. The lowest BCUT2D eigenvalue weighted by atomic mass is 10.2. The Hall–Kier alpha value is -2.03. The molecule has 106 valence electrons. The van der Waals surface area contributed by atoms with E-state index in [0.29, 0.717) is 0 Å². The molecule has 0 radical (unpaired) electrons. The van der Waals surface area contributed by atoms with Crippen LogP contribution in [0.2, 0.25) is 0 Å². The van der Waals surface area contributed by atoms with Crippen LogP contribution in [0.5, 0.6) is 0 Å². The maximum Gasteiger partial charge on any atom is 0.123 e. The molecule has 0 aliphatic carbocycles. The maximum atomic E-state index is 12.9. The maximum absolute atomic E-state index is 12.9. The lowest BCUT2D eigenvalue weighted by Crippen LogP contribution is -2.28. The van der Waals surface area contributed by atoms with Gasteiger partial charge in [-0.15, -0.1) is 0 Å². The van der Waals surface area contributed by atoms with E-state index in [2.05, 4.69) is 48.3 Å². The van der Waals surface area contributed by atoms with Crippen LogP contribution in [0.25, 0.3) is 0 Å². The van der Waals surface area contributed by atoms with Crippen molar-refractivity contribution in [2.24, 2.45) is 0 Å². The molecule has 3 heteroatoms. The Morgan fingerprint density at radius 3 is 2.50 bits per heavy atom. The summed E-state index contributed by atoms with van der Waals surface area (Å²) in [6.07, 6.45) is 0. The second kappa shape index (κ2) is 6.94. The highest BCUT2D eigenvalue weighted by molar-refractivity contribution is 5.48. The van der Waals surface area contributed by atoms with E-state index in [1.54, 1.807) is 0 Å². The highest BCUT2D eigenvalue weighted by Crippen LogP contribution is 2.14. The number of halogens is 1. The van der Waals surface area contributed by atoms with Gasteiger partial charge in [0.05, 0.1) is 0 Å². The minimum atomic E-state index is -0.192. The predicted molar refractivity (Wildman–Crippen MR) is 84.0 cm³/mol. The van der Waals surface area contributed by atoms with Gasteiger partial charge in [-0.25, -0.2) is 4.39 Å². The second-order valence-corrected chi connectivity index (χ2v) is 4.85. The van der Waals surface area contributed by atoms with E-state index < -0.39 is 0 Å². The zero-order valence-electron chi connectivity index (χ0n) is 12.1. The first-order valence-electron chi connectivity index (χ1n) is 7.00. The second-order valence-electron chi connectivity index (χ2n) is 4.85. The molecule has 2 aromatic rings. The molecule has 0 atom stereocenters. The van der Waals surface area contributed by atoms with Crippen LogP contribution in [0.4, 0.5) is 15.8 Å². The average Bonchev–Trinajstić information content (AvgIpc) is 2.45. The Morgan fingerprint density at radius 2 is 1.85 bits per heavy atom. The van der Waals surface area contributed by atoms with Crippen LogP contribution >= 0.6 is 0 Å².